The molecule has 0 unspecified atom stereocenters. The normalized spacial score (nSPS) is 12.0. The Kier molecular flexibility index (Phi) is 9.01. The molecule has 1 rings (SSSR count). The summed E-state index contributed by atoms with van der Waals surface area (Å²) in [6.07, 6.45) is 0.879. The number of rotatable bonds is 10. The van der Waals surface area contributed by atoms with Crippen LogP contribution in [0.25, 0.3) is 0 Å². The lowest BCUT2D eigenvalue weighted by Gasteiger charge is -2.21. The lowest BCUT2D eigenvalue weighted by Crippen LogP contribution is -2.39. The molecule has 0 heterocycles. The van der Waals surface area contributed by atoms with Gasteiger partial charge in [-0.1, -0.05) is 0 Å². The van der Waals surface area contributed by atoms with Crippen LogP contribution in [0.4, 0.5) is 0 Å². The van der Waals surface area contributed by atoms with Crippen LogP contribution < -0.4 is 20.1 Å². The van der Waals surface area contributed by atoms with Crippen molar-refractivity contribution in [3.63, 3.8) is 0 Å². The molecule has 0 aliphatic rings. The fourth-order valence-corrected chi connectivity index (χ4v) is 1.82. The molecule has 24 heavy (non-hydrogen) atoms. The maximum atomic E-state index is 5.70. The number of nitrogens with zero attached hydrogens (tertiary/aromatic N) is 1. The van der Waals surface area contributed by atoms with Crippen LogP contribution in [0.2, 0.25) is 0 Å². The number of hydrogen-bond acceptors (Lipinski definition) is 4. The average Bonchev–Trinajstić information content (AvgIpc) is 2.60. The van der Waals surface area contributed by atoms with Gasteiger partial charge in [-0.2, -0.15) is 0 Å². The Labute approximate surface area is 145 Å². The van der Waals surface area contributed by atoms with Gasteiger partial charge in [0, 0.05) is 20.2 Å². The highest BCUT2D eigenvalue weighted by atomic mass is 16.5. The van der Waals surface area contributed by atoms with Gasteiger partial charge >= 0.3 is 0 Å². The molecule has 0 saturated heterocycles. The second-order valence-electron chi connectivity index (χ2n) is 5.96. The molecule has 6 heteroatoms. The third kappa shape index (κ3) is 8.06. The first-order valence-electron chi connectivity index (χ1n) is 8.35. The lowest BCUT2D eigenvalue weighted by molar-refractivity contribution is 0.0310. The molecule has 0 aliphatic carbocycles. The summed E-state index contributed by atoms with van der Waals surface area (Å²) in [7, 11) is 3.35. The van der Waals surface area contributed by atoms with Crippen LogP contribution in [-0.2, 0) is 4.74 Å². The number of aliphatic imine (C=N–C) groups is 1. The predicted octanol–water partition coefficient (Wildman–Crippen LogP) is 2.44. The first kappa shape index (κ1) is 20.1. The molecule has 6 nitrogen and oxygen atoms in total. The zero-order valence-corrected chi connectivity index (χ0v) is 15.5. The molecular weight excluding hydrogens is 306 g/mol. The third-order valence-electron chi connectivity index (χ3n) is 3.46. The topological polar surface area (TPSA) is 64.1 Å². The highest BCUT2D eigenvalue weighted by molar-refractivity contribution is 5.79. The van der Waals surface area contributed by atoms with E-state index < -0.39 is 0 Å². The molecule has 0 aromatic heterocycles. The molecule has 0 amide bonds. The van der Waals surface area contributed by atoms with E-state index >= 15 is 0 Å². The van der Waals surface area contributed by atoms with Crippen molar-refractivity contribution in [2.24, 2.45) is 4.99 Å². The molecule has 0 radical (unpaired) electrons. The van der Waals surface area contributed by atoms with Crippen molar-refractivity contribution in [3.05, 3.63) is 24.3 Å². The maximum absolute atomic E-state index is 5.70. The van der Waals surface area contributed by atoms with E-state index in [1.165, 1.54) is 0 Å². The second kappa shape index (κ2) is 10.8. The van der Waals surface area contributed by atoms with Gasteiger partial charge < -0.3 is 24.8 Å². The average molecular weight is 337 g/mol. The number of nitrogens with one attached hydrogen (secondary N) is 2. The summed E-state index contributed by atoms with van der Waals surface area (Å²) in [6.45, 7) is 8.93. The van der Waals surface area contributed by atoms with Gasteiger partial charge in [-0.3, -0.25) is 4.99 Å². The molecule has 0 fully saturated rings. The summed E-state index contributed by atoms with van der Waals surface area (Å²) in [6, 6.07) is 7.59. The largest absolute Gasteiger partial charge is 0.497 e. The summed E-state index contributed by atoms with van der Waals surface area (Å²) in [5.41, 5.74) is -0.264. The highest BCUT2D eigenvalue weighted by Crippen LogP contribution is 2.16. The Bertz CT molecular complexity index is 487. The molecule has 2 N–H and O–H groups in total. The standard InChI is InChI=1S/C18H31N3O3/c1-6-19-17(21-14-18(2,3)23-5)20-12-7-13-24-16-10-8-15(22-4)9-11-16/h8-11H,6-7,12-14H2,1-5H3,(H2,19,20,21). The molecule has 136 valence electrons. The lowest BCUT2D eigenvalue weighted by atomic mass is 10.1. The minimum atomic E-state index is -0.264. The second-order valence-corrected chi connectivity index (χ2v) is 5.96. The van der Waals surface area contributed by atoms with Crippen molar-refractivity contribution >= 4 is 5.96 Å². The fourth-order valence-electron chi connectivity index (χ4n) is 1.82. The van der Waals surface area contributed by atoms with Crippen molar-refractivity contribution in [1.29, 1.82) is 0 Å². The van der Waals surface area contributed by atoms with Crippen molar-refractivity contribution in [1.82, 2.24) is 10.6 Å². The molecule has 0 spiro atoms. The molecule has 1 aromatic rings. The maximum Gasteiger partial charge on any atom is 0.191 e. The molecule has 0 aliphatic heterocycles. The van der Waals surface area contributed by atoms with Gasteiger partial charge in [-0.25, -0.2) is 0 Å². The number of hydrogen-bond donors (Lipinski definition) is 2. The smallest absolute Gasteiger partial charge is 0.191 e. The van der Waals surface area contributed by atoms with Gasteiger partial charge in [0.25, 0.3) is 0 Å². The molecular formula is C18H31N3O3. The predicted molar refractivity (Wildman–Crippen MR) is 98.2 cm³/mol. The van der Waals surface area contributed by atoms with E-state index in [1.807, 2.05) is 45.0 Å². The van der Waals surface area contributed by atoms with Crippen LogP contribution in [0.15, 0.2) is 29.3 Å². The quantitative estimate of drug-likeness (QED) is 0.390. The zero-order chi connectivity index (χ0) is 17.8. The zero-order valence-electron chi connectivity index (χ0n) is 15.5. The summed E-state index contributed by atoms with van der Waals surface area (Å²) in [4.78, 5) is 4.55. The van der Waals surface area contributed by atoms with Gasteiger partial charge in [-0.05, 0) is 51.5 Å². The van der Waals surface area contributed by atoms with E-state index in [1.54, 1.807) is 14.2 Å². The van der Waals surface area contributed by atoms with Crippen molar-refractivity contribution in [2.45, 2.75) is 32.8 Å². The van der Waals surface area contributed by atoms with Crippen LogP contribution in [0, 0.1) is 0 Å². The molecule has 0 bridgehead atoms. The van der Waals surface area contributed by atoms with Crippen LogP contribution in [0.1, 0.15) is 27.2 Å². The first-order chi connectivity index (χ1) is 11.5. The van der Waals surface area contributed by atoms with Crippen LogP contribution in [0.5, 0.6) is 11.5 Å². The summed E-state index contributed by atoms with van der Waals surface area (Å²) in [5.74, 6) is 2.47. The monoisotopic (exact) mass is 337 g/mol. The Hall–Kier alpha value is -1.95. The summed E-state index contributed by atoms with van der Waals surface area (Å²) in [5, 5.41) is 6.53. The van der Waals surface area contributed by atoms with E-state index in [0.717, 1.165) is 37.0 Å². The summed E-state index contributed by atoms with van der Waals surface area (Å²) < 4.78 is 16.2. The van der Waals surface area contributed by atoms with Gasteiger partial charge in [-0.15, -0.1) is 0 Å². The summed E-state index contributed by atoms with van der Waals surface area (Å²) >= 11 is 0. The Morgan fingerprint density at radius 1 is 1.08 bits per heavy atom. The van der Waals surface area contributed by atoms with Crippen molar-refractivity contribution in [3.8, 4) is 11.5 Å². The van der Waals surface area contributed by atoms with Crippen molar-refractivity contribution in [2.75, 3.05) is 40.5 Å². The van der Waals surface area contributed by atoms with Gasteiger partial charge in [0.1, 0.15) is 11.5 Å². The Morgan fingerprint density at radius 3 is 2.33 bits per heavy atom. The van der Waals surface area contributed by atoms with Gasteiger partial charge in [0.15, 0.2) is 5.96 Å². The number of benzene rings is 1. The Morgan fingerprint density at radius 2 is 1.75 bits per heavy atom. The van der Waals surface area contributed by atoms with Crippen LogP contribution in [-0.4, -0.2) is 52.0 Å². The van der Waals surface area contributed by atoms with Gasteiger partial charge in [0.2, 0.25) is 0 Å². The Balaban J connectivity index is 2.30. The minimum Gasteiger partial charge on any atom is -0.497 e. The SMILES string of the molecule is CCNC(=NCC(C)(C)OC)NCCCOc1ccc(OC)cc1. The van der Waals surface area contributed by atoms with E-state index in [-0.39, 0.29) is 5.60 Å². The fraction of sp³-hybridized carbons (Fsp3) is 0.611. The van der Waals surface area contributed by atoms with E-state index in [9.17, 15) is 0 Å². The highest BCUT2D eigenvalue weighted by Gasteiger charge is 2.15. The molecule has 0 saturated carbocycles. The first-order valence-corrected chi connectivity index (χ1v) is 8.35. The molecule has 0 atom stereocenters. The molecule has 1 aromatic carbocycles. The van der Waals surface area contributed by atoms with Crippen molar-refractivity contribution < 1.29 is 14.2 Å². The van der Waals surface area contributed by atoms with Crippen LogP contribution >= 0.6 is 0 Å². The number of guanidine groups is 1. The number of ether oxygens (including phenoxy) is 3. The van der Waals surface area contributed by atoms with Gasteiger partial charge in [0.05, 0.1) is 25.9 Å². The number of methoxy groups -OCH3 is 2. The minimum absolute atomic E-state index is 0.264. The van der Waals surface area contributed by atoms with Crippen LogP contribution in [0.3, 0.4) is 0 Å². The van der Waals surface area contributed by atoms with E-state index in [4.69, 9.17) is 14.2 Å². The van der Waals surface area contributed by atoms with E-state index in [2.05, 4.69) is 15.6 Å². The van der Waals surface area contributed by atoms with E-state index in [0.29, 0.717) is 13.2 Å². The third-order valence-corrected chi connectivity index (χ3v) is 3.46.